The number of rotatable bonds is 14. The largest absolute Gasteiger partial charge is 1.00 e. The number of unbranched alkanes of at least 4 members (excludes halogenated alkanes) is 4. The first kappa shape index (κ1) is 27.9. The van der Waals surface area contributed by atoms with Crippen LogP contribution in [0.1, 0.15) is 62.7 Å². The van der Waals surface area contributed by atoms with Crippen LogP contribution in [-0.2, 0) is 0 Å². The third-order valence-electron chi connectivity index (χ3n) is 4.65. The summed E-state index contributed by atoms with van der Waals surface area (Å²) in [7, 11) is 1.42. The van der Waals surface area contributed by atoms with E-state index in [0.29, 0.717) is 35.3 Å². The molecule has 2 aromatic carbocycles. The summed E-state index contributed by atoms with van der Waals surface area (Å²) < 4.78 is 17.3. The van der Waals surface area contributed by atoms with Crippen LogP contribution in [0.5, 0.6) is 17.2 Å². The quantitative estimate of drug-likeness (QED) is 0.247. The minimum atomic E-state index is -0.123. The molecule has 2 rings (SSSR count). The molecule has 0 heterocycles. The molecule has 4 nitrogen and oxygen atoms in total. The van der Waals surface area contributed by atoms with E-state index in [2.05, 4.69) is 13.8 Å². The number of benzene rings is 2. The van der Waals surface area contributed by atoms with Gasteiger partial charge in [-0.25, -0.2) is 0 Å². The molecular formula is C24H32ClLiO4P+. The first-order chi connectivity index (χ1) is 14.6. The maximum atomic E-state index is 13.0. The van der Waals surface area contributed by atoms with Crippen LogP contribution in [-0.4, -0.2) is 25.8 Å². The monoisotopic (exact) mass is 457 g/mol. The Morgan fingerprint density at radius 3 is 2.26 bits per heavy atom. The average molecular weight is 458 g/mol. The van der Waals surface area contributed by atoms with Gasteiger partial charge in [-0.05, 0) is 45.7 Å². The molecule has 7 heteroatoms. The summed E-state index contributed by atoms with van der Waals surface area (Å²) in [5.74, 6) is 1.96. The third-order valence-corrected chi connectivity index (χ3v) is 6.12. The van der Waals surface area contributed by atoms with E-state index in [1.54, 1.807) is 25.3 Å². The van der Waals surface area contributed by atoms with Crippen molar-refractivity contribution in [3.63, 3.8) is 0 Å². The van der Waals surface area contributed by atoms with Crippen LogP contribution in [0.15, 0.2) is 36.4 Å². The van der Waals surface area contributed by atoms with E-state index in [1.807, 2.05) is 18.2 Å². The summed E-state index contributed by atoms with van der Waals surface area (Å²) in [6, 6.07) is 11.0. The van der Waals surface area contributed by atoms with Crippen LogP contribution < -0.4 is 38.4 Å². The summed E-state index contributed by atoms with van der Waals surface area (Å²) >= 11 is 6.29. The predicted octanol–water partition coefficient (Wildman–Crippen LogP) is 3.63. The Labute approximate surface area is 205 Å². The van der Waals surface area contributed by atoms with Crippen LogP contribution in [0.25, 0.3) is 0 Å². The molecule has 0 bridgehead atoms. The Bertz CT molecular complexity index is 816. The minimum Gasteiger partial charge on any atom is -0.496 e. The van der Waals surface area contributed by atoms with Gasteiger partial charge in [-0.3, -0.25) is 4.79 Å². The van der Waals surface area contributed by atoms with Gasteiger partial charge >= 0.3 is 18.9 Å². The Morgan fingerprint density at radius 1 is 0.935 bits per heavy atom. The van der Waals surface area contributed by atoms with E-state index in [1.165, 1.54) is 0 Å². The number of halogens is 1. The molecule has 0 amide bonds. The molecule has 0 aliphatic carbocycles. The van der Waals surface area contributed by atoms with Crippen molar-refractivity contribution in [3.8, 4) is 17.2 Å². The van der Waals surface area contributed by atoms with Gasteiger partial charge in [0.05, 0.1) is 30.9 Å². The number of carbonyl (C=O) groups excluding carboxylic acids is 1. The molecule has 0 saturated carbocycles. The fourth-order valence-corrected chi connectivity index (χ4v) is 4.36. The molecule has 0 aromatic heterocycles. The minimum absolute atomic E-state index is 0. The Morgan fingerprint density at radius 2 is 1.61 bits per heavy atom. The van der Waals surface area contributed by atoms with Crippen molar-refractivity contribution >= 4 is 31.0 Å². The fraction of sp³-hybridized carbons (Fsp3) is 0.458. The molecule has 0 fully saturated rings. The van der Waals surface area contributed by atoms with Crippen molar-refractivity contribution in [1.29, 1.82) is 0 Å². The number of hydrogen-bond donors (Lipinski definition) is 0. The second kappa shape index (κ2) is 15.6. The van der Waals surface area contributed by atoms with Gasteiger partial charge in [-0.1, -0.05) is 57.2 Å². The van der Waals surface area contributed by atoms with Crippen molar-refractivity contribution in [2.45, 2.75) is 52.4 Å². The van der Waals surface area contributed by atoms with Crippen LogP contribution in [0.2, 0.25) is 5.02 Å². The summed E-state index contributed by atoms with van der Waals surface area (Å²) in [6.07, 6.45) is 6.55. The maximum absolute atomic E-state index is 13.0. The molecule has 2 aromatic rings. The molecule has 1 atom stereocenters. The van der Waals surface area contributed by atoms with Crippen LogP contribution in [0, 0.1) is 0 Å². The summed E-state index contributed by atoms with van der Waals surface area (Å²) in [5.41, 5.74) is 0.337. The Hall–Kier alpha value is -1.17. The second-order valence-electron chi connectivity index (χ2n) is 7.04. The number of carbonyl (C=O) groups is 1. The topological polar surface area (TPSA) is 44.8 Å². The van der Waals surface area contributed by atoms with Crippen molar-refractivity contribution < 1.29 is 37.9 Å². The molecule has 0 aliphatic rings. The molecule has 1 unspecified atom stereocenters. The van der Waals surface area contributed by atoms with Crippen LogP contribution in [0.3, 0.4) is 0 Å². The number of hydrogen-bond acceptors (Lipinski definition) is 4. The zero-order valence-electron chi connectivity index (χ0n) is 19.1. The van der Waals surface area contributed by atoms with E-state index in [4.69, 9.17) is 25.8 Å². The molecule has 0 radical (unpaired) electrons. The zero-order chi connectivity index (χ0) is 21.8. The van der Waals surface area contributed by atoms with Gasteiger partial charge in [0.25, 0.3) is 0 Å². The fourth-order valence-electron chi connectivity index (χ4n) is 2.97. The second-order valence-corrected chi connectivity index (χ2v) is 8.69. The first-order valence-electron chi connectivity index (χ1n) is 10.6. The van der Waals surface area contributed by atoms with E-state index in [9.17, 15) is 4.79 Å². The maximum Gasteiger partial charge on any atom is 1.00 e. The van der Waals surface area contributed by atoms with Gasteiger partial charge in [0.2, 0.25) is 0 Å². The van der Waals surface area contributed by atoms with E-state index < -0.39 is 0 Å². The number of methoxy groups -OCH3 is 1. The predicted molar refractivity (Wildman–Crippen MR) is 127 cm³/mol. The van der Waals surface area contributed by atoms with Gasteiger partial charge in [0.15, 0.2) is 5.52 Å². The van der Waals surface area contributed by atoms with Crippen molar-refractivity contribution in [3.05, 3.63) is 47.0 Å². The van der Waals surface area contributed by atoms with Crippen LogP contribution in [0.4, 0.5) is 0 Å². The van der Waals surface area contributed by atoms with Gasteiger partial charge in [-0.15, -0.1) is 0 Å². The van der Waals surface area contributed by atoms with E-state index in [-0.39, 0.29) is 33.0 Å². The molecular weight excluding hydrogens is 426 g/mol. The smallest absolute Gasteiger partial charge is 0.496 e. The molecule has 31 heavy (non-hydrogen) atoms. The van der Waals surface area contributed by atoms with Crippen molar-refractivity contribution in [2.24, 2.45) is 0 Å². The van der Waals surface area contributed by atoms with Gasteiger partial charge in [0, 0.05) is 11.4 Å². The van der Waals surface area contributed by atoms with Gasteiger partial charge in [-0.2, -0.15) is 0 Å². The summed E-state index contributed by atoms with van der Waals surface area (Å²) in [6.45, 7) is 5.63. The molecule has 164 valence electrons. The zero-order valence-corrected chi connectivity index (χ0v) is 20.9. The van der Waals surface area contributed by atoms with E-state index in [0.717, 1.165) is 49.6 Å². The third kappa shape index (κ3) is 9.07. The molecule has 0 aliphatic heterocycles. The van der Waals surface area contributed by atoms with Gasteiger partial charge in [0.1, 0.15) is 17.2 Å². The Balaban J connectivity index is 0.00000480. The molecule has 0 N–H and O–H groups in total. The SMILES string of the molecule is CCCCCOc1ccc(PC(=O)c2c(Cl)cccc2OC)c(OCCCCC)c1.[Li+]. The average Bonchev–Trinajstić information content (AvgIpc) is 2.75. The first-order valence-corrected chi connectivity index (χ1v) is 12.0. The van der Waals surface area contributed by atoms with Crippen molar-refractivity contribution in [1.82, 2.24) is 0 Å². The van der Waals surface area contributed by atoms with Gasteiger partial charge < -0.3 is 14.2 Å². The summed E-state index contributed by atoms with van der Waals surface area (Å²) in [4.78, 5) is 13.0. The van der Waals surface area contributed by atoms with Crippen LogP contribution >= 0.6 is 20.2 Å². The normalized spacial score (nSPS) is 10.7. The number of ether oxygens (including phenoxy) is 3. The van der Waals surface area contributed by atoms with Crippen molar-refractivity contribution in [2.75, 3.05) is 20.3 Å². The molecule has 0 saturated heterocycles. The van der Waals surface area contributed by atoms with E-state index >= 15 is 0 Å². The molecule has 0 spiro atoms. The summed E-state index contributed by atoms with van der Waals surface area (Å²) in [5, 5.41) is 1.24. The Kier molecular flexibility index (Phi) is 14.0. The standard InChI is InChI=1S/C24H32ClO4P.Li/c1-4-6-8-15-28-18-13-14-22(21(17-18)29-16-9-7-5-2)30-24(26)23-19(25)11-10-12-20(23)27-3;/h10-14,17,30H,4-9,15-16H2,1-3H3;/q;+1.